The van der Waals surface area contributed by atoms with E-state index < -0.39 is 6.09 Å². The predicted molar refractivity (Wildman–Crippen MR) is 52.6 cm³/mol. The minimum atomic E-state index is -0.742. The molecule has 4 heteroatoms. The summed E-state index contributed by atoms with van der Waals surface area (Å²) in [5, 5.41) is 0. The fourth-order valence-electron chi connectivity index (χ4n) is 0.729. The second kappa shape index (κ2) is 7.43. The molecule has 0 heterocycles. The summed E-state index contributed by atoms with van der Waals surface area (Å²) in [6.07, 6.45) is 0.730. The molecule has 0 radical (unpaired) electrons. The lowest BCUT2D eigenvalue weighted by atomic mass is 10.2. The van der Waals surface area contributed by atoms with Crippen molar-refractivity contribution in [2.75, 3.05) is 6.38 Å². The highest BCUT2D eigenvalue weighted by Crippen LogP contribution is 1.99. The van der Waals surface area contributed by atoms with E-state index in [2.05, 4.69) is 16.3 Å². The fourth-order valence-corrected chi connectivity index (χ4v) is 0.729. The van der Waals surface area contributed by atoms with E-state index >= 15 is 0 Å². The summed E-state index contributed by atoms with van der Waals surface area (Å²) in [6, 6.07) is 9.37. The van der Waals surface area contributed by atoms with Gasteiger partial charge in [0, 0.05) is 6.38 Å². The van der Waals surface area contributed by atoms with Gasteiger partial charge in [0.1, 0.15) is 6.61 Å². The molecule has 0 aliphatic rings. The molecule has 0 bridgehead atoms. The molecule has 72 valence electrons. The normalized spacial score (nSPS) is 8.15. The van der Waals surface area contributed by atoms with Crippen molar-refractivity contribution in [3.8, 4) is 0 Å². The Kier molecular flexibility index (Phi) is 6.73. The van der Waals surface area contributed by atoms with E-state index in [9.17, 15) is 4.79 Å². The third-order valence-electron chi connectivity index (χ3n) is 1.22. The molecular weight excluding hydrogens is 190 g/mol. The summed E-state index contributed by atoms with van der Waals surface area (Å²) in [5.74, 6) is 0. The Morgan fingerprint density at radius 1 is 1.38 bits per heavy atom. The zero-order chi connectivity index (χ0) is 10.1. The number of primary amides is 1. The van der Waals surface area contributed by atoms with Gasteiger partial charge < -0.3 is 10.5 Å². The number of rotatable bonds is 2. The molecular formula is C9H12ClNO2. The van der Waals surface area contributed by atoms with Crippen molar-refractivity contribution >= 4 is 17.7 Å². The Hall–Kier alpha value is -1.22. The highest BCUT2D eigenvalue weighted by atomic mass is 35.5. The highest BCUT2D eigenvalue weighted by Gasteiger charge is 1.93. The van der Waals surface area contributed by atoms with Crippen LogP contribution in [-0.2, 0) is 11.3 Å². The number of carbonyl (C=O) groups is 1. The summed E-state index contributed by atoms with van der Waals surface area (Å²) >= 11 is 4.64. The van der Waals surface area contributed by atoms with E-state index in [1.54, 1.807) is 0 Å². The molecule has 1 rings (SSSR count). The molecule has 1 aromatic rings. The lowest BCUT2D eigenvalue weighted by Gasteiger charge is -1.99. The monoisotopic (exact) mass is 201 g/mol. The van der Waals surface area contributed by atoms with Gasteiger partial charge in [0.2, 0.25) is 0 Å². The molecule has 1 aromatic carbocycles. The number of halogens is 1. The van der Waals surface area contributed by atoms with Crippen LogP contribution in [0.15, 0.2) is 30.3 Å². The van der Waals surface area contributed by atoms with Gasteiger partial charge >= 0.3 is 6.09 Å². The minimum Gasteiger partial charge on any atom is -0.445 e. The van der Waals surface area contributed by atoms with E-state index in [0.29, 0.717) is 0 Å². The first-order chi connectivity index (χ1) is 6.29. The van der Waals surface area contributed by atoms with Gasteiger partial charge in [-0.1, -0.05) is 30.3 Å². The van der Waals surface area contributed by atoms with E-state index in [0.717, 1.165) is 5.56 Å². The Balaban J connectivity index is 0.000000671. The lowest BCUT2D eigenvalue weighted by Crippen LogP contribution is -2.12. The number of hydrogen-bond acceptors (Lipinski definition) is 2. The molecule has 0 spiro atoms. The van der Waals surface area contributed by atoms with Gasteiger partial charge in [-0.3, -0.25) is 0 Å². The Morgan fingerprint density at radius 2 is 1.92 bits per heavy atom. The number of hydrogen-bond donors (Lipinski definition) is 1. The van der Waals surface area contributed by atoms with E-state index in [1.807, 2.05) is 30.3 Å². The second-order valence-corrected chi connectivity index (χ2v) is 2.09. The third kappa shape index (κ3) is 5.99. The molecule has 0 saturated carbocycles. The molecule has 0 aliphatic heterocycles. The van der Waals surface area contributed by atoms with Crippen LogP contribution >= 0.6 is 11.6 Å². The Bertz CT molecular complexity index is 239. The highest BCUT2D eigenvalue weighted by molar-refractivity contribution is 6.15. The molecule has 0 aromatic heterocycles. The fraction of sp³-hybridized carbons (Fsp3) is 0.222. The molecule has 0 unspecified atom stereocenters. The van der Waals surface area contributed by atoms with Gasteiger partial charge in [-0.05, 0) is 5.56 Å². The van der Waals surface area contributed by atoms with Gasteiger partial charge in [-0.2, -0.15) is 0 Å². The zero-order valence-electron chi connectivity index (χ0n) is 7.37. The van der Waals surface area contributed by atoms with Gasteiger partial charge in [0.05, 0.1) is 0 Å². The van der Waals surface area contributed by atoms with Crippen LogP contribution in [0, 0.1) is 0 Å². The molecule has 0 fully saturated rings. The molecule has 0 saturated heterocycles. The SMILES string of the molecule is CCl.NC(=O)OCc1ccccc1. The van der Waals surface area contributed by atoms with Crippen LogP contribution in [0.4, 0.5) is 4.79 Å². The van der Waals surface area contributed by atoms with E-state index in [1.165, 1.54) is 6.38 Å². The van der Waals surface area contributed by atoms with Crippen molar-refractivity contribution in [3.05, 3.63) is 35.9 Å². The number of ether oxygens (including phenoxy) is 1. The number of nitrogens with two attached hydrogens (primary N) is 1. The van der Waals surface area contributed by atoms with E-state index in [-0.39, 0.29) is 6.61 Å². The number of benzene rings is 1. The first kappa shape index (κ1) is 11.8. The molecule has 0 aliphatic carbocycles. The largest absolute Gasteiger partial charge is 0.445 e. The molecule has 13 heavy (non-hydrogen) atoms. The summed E-state index contributed by atoms with van der Waals surface area (Å²) < 4.78 is 4.57. The predicted octanol–water partition coefficient (Wildman–Crippen LogP) is 2.14. The first-order valence-electron chi connectivity index (χ1n) is 3.63. The third-order valence-corrected chi connectivity index (χ3v) is 1.22. The molecule has 3 nitrogen and oxygen atoms in total. The van der Waals surface area contributed by atoms with Gasteiger partial charge in [-0.25, -0.2) is 4.79 Å². The van der Waals surface area contributed by atoms with Gasteiger partial charge in [0.15, 0.2) is 0 Å². The van der Waals surface area contributed by atoms with Crippen molar-refractivity contribution in [1.29, 1.82) is 0 Å². The van der Waals surface area contributed by atoms with Crippen LogP contribution in [0.1, 0.15) is 5.56 Å². The maximum Gasteiger partial charge on any atom is 0.404 e. The first-order valence-corrected chi connectivity index (χ1v) is 4.38. The van der Waals surface area contributed by atoms with Crippen LogP contribution in [-0.4, -0.2) is 12.5 Å². The van der Waals surface area contributed by atoms with E-state index in [4.69, 9.17) is 5.73 Å². The Morgan fingerprint density at radius 3 is 2.38 bits per heavy atom. The molecule has 1 amide bonds. The van der Waals surface area contributed by atoms with Gasteiger partial charge in [-0.15, -0.1) is 11.6 Å². The average molecular weight is 202 g/mol. The Labute approximate surface area is 82.5 Å². The zero-order valence-corrected chi connectivity index (χ0v) is 8.12. The van der Waals surface area contributed by atoms with Crippen molar-refractivity contribution in [3.63, 3.8) is 0 Å². The second-order valence-electron chi connectivity index (χ2n) is 2.09. The average Bonchev–Trinajstić information content (AvgIpc) is 2.19. The van der Waals surface area contributed by atoms with Crippen LogP contribution in [0.3, 0.4) is 0 Å². The van der Waals surface area contributed by atoms with Crippen molar-refractivity contribution in [2.24, 2.45) is 5.73 Å². The summed E-state index contributed by atoms with van der Waals surface area (Å²) in [5.41, 5.74) is 5.72. The summed E-state index contributed by atoms with van der Waals surface area (Å²) in [6.45, 7) is 0.246. The standard InChI is InChI=1S/C8H9NO2.CH3Cl/c9-8(10)11-6-7-4-2-1-3-5-7;1-2/h1-5H,6H2,(H2,9,10);1H3. The summed E-state index contributed by atoms with van der Waals surface area (Å²) in [7, 11) is 0. The van der Waals surface area contributed by atoms with Crippen LogP contribution < -0.4 is 5.73 Å². The lowest BCUT2D eigenvalue weighted by molar-refractivity contribution is 0.150. The van der Waals surface area contributed by atoms with Crippen molar-refractivity contribution in [2.45, 2.75) is 6.61 Å². The number of amides is 1. The van der Waals surface area contributed by atoms with Crippen molar-refractivity contribution in [1.82, 2.24) is 0 Å². The van der Waals surface area contributed by atoms with Crippen LogP contribution in [0.2, 0.25) is 0 Å². The maximum atomic E-state index is 10.2. The molecule has 2 N–H and O–H groups in total. The van der Waals surface area contributed by atoms with Crippen LogP contribution in [0.25, 0.3) is 0 Å². The smallest absolute Gasteiger partial charge is 0.404 e. The summed E-state index contributed by atoms with van der Waals surface area (Å²) in [4.78, 5) is 10.2. The topological polar surface area (TPSA) is 52.3 Å². The van der Waals surface area contributed by atoms with Crippen LogP contribution in [0.5, 0.6) is 0 Å². The quantitative estimate of drug-likeness (QED) is 0.746. The van der Waals surface area contributed by atoms with Gasteiger partial charge in [0.25, 0.3) is 0 Å². The molecule has 0 atom stereocenters. The maximum absolute atomic E-state index is 10.2. The number of carbonyl (C=O) groups excluding carboxylic acids is 1. The van der Waals surface area contributed by atoms with Crippen molar-refractivity contribution < 1.29 is 9.53 Å². The number of alkyl halides is 1. The minimum absolute atomic E-state index is 0.246.